The topological polar surface area (TPSA) is 21.3 Å². The summed E-state index contributed by atoms with van der Waals surface area (Å²) in [7, 11) is 0. The van der Waals surface area contributed by atoms with Crippen LogP contribution in [0.4, 0.5) is 0 Å². The van der Waals surface area contributed by atoms with Gasteiger partial charge in [0.1, 0.15) is 0 Å². The van der Waals surface area contributed by atoms with Crippen LogP contribution >= 0.6 is 11.8 Å². The molecule has 0 aliphatic carbocycles. The first kappa shape index (κ1) is 12.0. The molecule has 0 saturated heterocycles. The number of nitrogens with one attached hydrogen (secondary N) is 1. The lowest BCUT2D eigenvalue weighted by molar-refractivity contribution is 0.0218. The molecule has 1 aliphatic rings. The van der Waals surface area contributed by atoms with Gasteiger partial charge in [0, 0.05) is 23.1 Å². The van der Waals surface area contributed by atoms with Gasteiger partial charge in [-0.25, -0.2) is 5.48 Å². The predicted molar refractivity (Wildman–Crippen MR) is 68.7 cm³/mol. The van der Waals surface area contributed by atoms with Crippen molar-refractivity contribution in [1.82, 2.24) is 5.48 Å². The largest absolute Gasteiger partial charge is 0.302 e. The van der Waals surface area contributed by atoms with E-state index >= 15 is 0 Å². The van der Waals surface area contributed by atoms with Gasteiger partial charge in [-0.1, -0.05) is 32.0 Å². The van der Waals surface area contributed by atoms with Gasteiger partial charge in [0.25, 0.3) is 0 Å². The molecule has 3 heteroatoms. The van der Waals surface area contributed by atoms with Crippen LogP contribution in [0.2, 0.25) is 0 Å². The van der Waals surface area contributed by atoms with Crippen molar-refractivity contribution >= 4 is 11.8 Å². The Morgan fingerprint density at radius 2 is 2.25 bits per heavy atom. The van der Waals surface area contributed by atoms with Crippen LogP contribution in [0.1, 0.15) is 25.3 Å². The van der Waals surface area contributed by atoms with Crippen LogP contribution < -0.4 is 5.48 Å². The second kappa shape index (κ2) is 5.71. The second-order valence-corrected chi connectivity index (χ2v) is 5.66. The molecule has 0 radical (unpaired) electrons. The van der Waals surface area contributed by atoms with Crippen molar-refractivity contribution in [1.29, 1.82) is 0 Å². The quantitative estimate of drug-likeness (QED) is 0.628. The number of benzene rings is 1. The number of hydrogen-bond acceptors (Lipinski definition) is 3. The maximum atomic E-state index is 5.41. The zero-order chi connectivity index (χ0) is 11.4. The molecule has 1 aliphatic heterocycles. The second-order valence-electron chi connectivity index (χ2n) is 4.60. The van der Waals surface area contributed by atoms with Crippen LogP contribution in [0, 0.1) is 5.92 Å². The molecule has 0 spiro atoms. The van der Waals surface area contributed by atoms with Crippen molar-refractivity contribution in [2.75, 3.05) is 18.9 Å². The number of fused-ring (bicyclic) bond motifs is 1. The Morgan fingerprint density at radius 3 is 3.06 bits per heavy atom. The molecule has 0 aromatic heterocycles. The molecule has 88 valence electrons. The van der Waals surface area contributed by atoms with Crippen molar-refractivity contribution < 1.29 is 4.84 Å². The van der Waals surface area contributed by atoms with E-state index < -0.39 is 0 Å². The number of rotatable bonds is 5. The van der Waals surface area contributed by atoms with Crippen molar-refractivity contribution in [3.63, 3.8) is 0 Å². The first-order chi connectivity index (χ1) is 7.77. The van der Waals surface area contributed by atoms with E-state index in [2.05, 4.69) is 43.6 Å². The zero-order valence-electron chi connectivity index (χ0n) is 9.90. The highest BCUT2D eigenvalue weighted by Gasteiger charge is 2.22. The van der Waals surface area contributed by atoms with Crippen molar-refractivity contribution in [3.05, 3.63) is 29.8 Å². The first-order valence-electron chi connectivity index (χ1n) is 5.83. The molecular formula is C13H19NOS. The predicted octanol–water partition coefficient (Wildman–Crippen LogP) is 3.05. The van der Waals surface area contributed by atoms with E-state index in [-0.39, 0.29) is 0 Å². The smallest absolute Gasteiger partial charge is 0.0705 e. The summed E-state index contributed by atoms with van der Waals surface area (Å²) >= 11 is 1.94. The Bertz CT molecular complexity index is 340. The molecule has 1 atom stereocenters. The molecule has 1 aromatic carbocycles. The van der Waals surface area contributed by atoms with Crippen molar-refractivity contribution in [3.8, 4) is 0 Å². The van der Waals surface area contributed by atoms with Crippen molar-refractivity contribution in [2.24, 2.45) is 5.92 Å². The SMILES string of the molecule is CC(C)CONCC1CSc2ccccc21. The Labute approximate surface area is 102 Å². The van der Waals surface area contributed by atoms with E-state index in [1.54, 1.807) is 0 Å². The number of thioether (sulfide) groups is 1. The Morgan fingerprint density at radius 1 is 1.44 bits per heavy atom. The van der Waals surface area contributed by atoms with Crippen LogP contribution in [0.25, 0.3) is 0 Å². The molecule has 2 nitrogen and oxygen atoms in total. The Kier molecular flexibility index (Phi) is 4.27. The summed E-state index contributed by atoms with van der Waals surface area (Å²) in [6.07, 6.45) is 0. The van der Waals surface area contributed by atoms with Crippen molar-refractivity contribution in [2.45, 2.75) is 24.7 Å². The molecule has 16 heavy (non-hydrogen) atoms. The zero-order valence-corrected chi connectivity index (χ0v) is 10.7. The summed E-state index contributed by atoms with van der Waals surface area (Å²) in [6, 6.07) is 8.66. The summed E-state index contributed by atoms with van der Waals surface area (Å²) in [4.78, 5) is 6.84. The van der Waals surface area contributed by atoms with E-state index in [9.17, 15) is 0 Å². The lowest BCUT2D eigenvalue weighted by atomic mass is 10.0. The van der Waals surface area contributed by atoms with E-state index in [0.717, 1.165) is 18.9 Å². The molecule has 0 amide bonds. The minimum Gasteiger partial charge on any atom is -0.302 e. The molecule has 0 saturated carbocycles. The van der Waals surface area contributed by atoms with E-state index in [0.29, 0.717) is 11.8 Å². The van der Waals surface area contributed by atoms with Gasteiger partial charge >= 0.3 is 0 Å². The number of hydrogen-bond donors (Lipinski definition) is 1. The summed E-state index contributed by atoms with van der Waals surface area (Å²) in [5.74, 6) is 2.34. The third kappa shape index (κ3) is 3.00. The van der Waals surface area contributed by atoms with Gasteiger partial charge in [-0.15, -0.1) is 11.8 Å². The first-order valence-corrected chi connectivity index (χ1v) is 6.82. The average Bonchev–Trinajstić information content (AvgIpc) is 2.68. The van der Waals surface area contributed by atoms with E-state index in [4.69, 9.17) is 4.84 Å². The highest BCUT2D eigenvalue weighted by molar-refractivity contribution is 7.99. The molecule has 0 fully saturated rings. The molecule has 1 heterocycles. The van der Waals surface area contributed by atoms with Crippen LogP contribution in [0.15, 0.2) is 29.2 Å². The van der Waals surface area contributed by atoms with Gasteiger partial charge in [0.05, 0.1) is 6.61 Å². The fourth-order valence-corrected chi connectivity index (χ4v) is 3.04. The van der Waals surface area contributed by atoms with Crippen LogP contribution in [0.5, 0.6) is 0 Å². The molecule has 1 aromatic rings. The Balaban J connectivity index is 1.80. The highest BCUT2D eigenvalue weighted by Crippen LogP contribution is 2.38. The summed E-state index contributed by atoms with van der Waals surface area (Å²) < 4.78 is 0. The van der Waals surface area contributed by atoms with Gasteiger partial charge in [0.15, 0.2) is 0 Å². The molecule has 1 N–H and O–H groups in total. The number of hydroxylamine groups is 1. The van der Waals surface area contributed by atoms with Crippen LogP contribution in [-0.4, -0.2) is 18.9 Å². The van der Waals surface area contributed by atoms with Crippen LogP contribution in [0.3, 0.4) is 0 Å². The molecular weight excluding hydrogens is 218 g/mol. The standard InChI is InChI=1S/C13H19NOS/c1-10(2)8-15-14-7-11-9-16-13-6-4-3-5-12(11)13/h3-6,10-11,14H,7-9H2,1-2H3. The summed E-state index contributed by atoms with van der Waals surface area (Å²) in [6.45, 7) is 6.00. The normalized spacial score (nSPS) is 19.1. The minimum atomic E-state index is 0.581. The van der Waals surface area contributed by atoms with Gasteiger partial charge in [0.2, 0.25) is 0 Å². The fraction of sp³-hybridized carbons (Fsp3) is 0.538. The van der Waals surface area contributed by atoms with E-state index in [1.807, 2.05) is 11.8 Å². The van der Waals surface area contributed by atoms with Gasteiger partial charge in [-0.2, -0.15) is 0 Å². The minimum absolute atomic E-state index is 0.581. The third-order valence-electron chi connectivity index (χ3n) is 2.65. The third-order valence-corrected chi connectivity index (χ3v) is 3.90. The molecule has 2 rings (SSSR count). The lowest BCUT2D eigenvalue weighted by Crippen LogP contribution is -2.23. The molecule has 1 unspecified atom stereocenters. The monoisotopic (exact) mass is 237 g/mol. The highest BCUT2D eigenvalue weighted by atomic mass is 32.2. The van der Waals surface area contributed by atoms with Crippen LogP contribution in [-0.2, 0) is 4.84 Å². The summed E-state index contributed by atoms with van der Waals surface area (Å²) in [5, 5.41) is 0. The maximum absolute atomic E-state index is 5.41. The Hall–Kier alpha value is -0.510. The lowest BCUT2D eigenvalue weighted by Gasteiger charge is -2.13. The average molecular weight is 237 g/mol. The summed E-state index contributed by atoms with van der Waals surface area (Å²) in [5.41, 5.74) is 4.55. The fourth-order valence-electron chi connectivity index (χ4n) is 1.78. The molecule has 0 bridgehead atoms. The van der Waals surface area contributed by atoms with E-state index in [1.165, 1.54) is 10.5 Å². The van der Waals surface area contributed by atoms with Gasteiger partial charge < -0.3 is 4.84 Å². The van der Waals surface area contributed by atoms with Gasteiger partial charge in [-0.05, 0) is 17.5 Å². The maximum Gasteiger partial charge on any atom is 0.0705 e. The van der Waals surface area contributed by atoms with Gasteiger partial charge in [-0.3, -0.25) is 0 Å².